The van der Waals surface area contributed by atoms with Crippen molar-refractivity contribution in [3.8, 4) is 12.5 Å². The summed E-state index contributed by atoms with van der Waals surface area (Å²) >= 11 is 0. The molecule has 3 aromatic carbocycles. The molecular weight excluding hydrogens is 520 g/mol. The Morgan fingerprint density at radius 3 is 2.32 bits per heavy atom. The number of fused-ring (bicyclic) bond motifs is 1. The number of hydrogen-bond donors (Lipinski definition) is 3. The highest BCUT2D eigenvalue weighted by atomic mass is 16.6. The maximum atomic E-state index is 13.9. The van der Waals surface area contributed by atoms with Crippen molar-refractivity contribution in [2.24, 2.45) is 5.73 Å². The number of ether oxygens (including phenoxy) is 1. The molecule has 0 saturated heterocycles. The van der Waals surface area contributed by atoms with Crippen molar-refractivity contribution in [3.05, 3.63) is 77.4 Å². The van der Waals surface area contributed by atoms with Crippen LogP contribution in [0.15, 0.2) is 60.7 Å². The molecule has 0 aliphatic heterocycles. The lowest BCUT2D eigenvalue weighted by molar-refractivity contribution is -0.137. The van der Waals surface area contributed by atoms with E-state index in [2.05, 4.69) is 16.7 Å². The number of carbonyl (C=O) groups excluding carboxylic acids is 4. The number of rotatable bonds is 9. The normalized spacial score (nSPS) is 12.5. The summed E-state index contributed by atoms with van der Waals surface area (Å²) in [5, 5.41) is 7.32. The molecule has 41 heavy (non-hydrogen) atoms. The number of primary amides is 1. The van der Waals surface area contributed by atoms with Gasteiger partial charge >= 0.3 is 6.09 Å². The lowest BCUT2D eigenvalue weighted by Crippen LogP contribution is -2.51. The van der Waals surface area contributed by atoms with Gasteiger partial charge in [0.1, 0.15) is 17.7 Å². The van der Waals surface area contributed by atoms with Crippen LogP contribution < -0.4 is 16.4 Å². The average Bonchev–Trinajstić information content (AvgIpc) is 2.89. The van der Waals surface area contributed by atoms with Crippen molar-refractivity contribution < 1.29 is 23.9 Å². The number of alkyl carbamates (subject to hydrolysis) is 1. The molecule has 0 radical (unpaired) electrons. The van der Waals surface area contributed by atoms with E-state index in [0.29, 0.717) is 11.3 Å². The van der Waals surface area contributed by atoms with Gasteiger partial charge in [0.25, 0.3) is 11.8 Å². The van der Waals surface area contributed by atoms with Crippen LogP contribution in [0.5, 0.6) is 0 Å². The molecule has 0 aromatic heterocycles. The predicted molar refractivity (Wildman–Crippen MR) is 158 cm³/mol. The van der Waals surface area contributed by atoms with Crippen LogP contribution in [0.4, 0.5) is 10.5 Å². The number of hydrogen-bond acceptors (Lipinski definition) is 5. The second kappa shape index (κ2) is 13.0. The summed E-state index contributed by atoms with van der Waals surface area (Å²) in [5.74, 6) is -1.98. The molecular formula is C32H36N4O5. The molecule has 9 heteroatoms. The Bertz CT molecular complexity index is 1500. The number of terminal acetylenes is 1. The molecule has 0 heterocycles. The van der Waals surface area contributed by atoms with E-state index in [0.717, 1.165) is 26.8 Å². The van der Waals surface area contributed by atoms with Crippen LogP contribution in [0.2, 0.25) is 0 Å². The van der Waals surface area contributed by atoms with Gasteiger partial charge in [0.15, 0.2) is 0 Å². The van der Waals surface area contributed by atoms with E-state index in [4.69, 9.17) is 16.9 Å². The molecule has 3 rings (SSSR count). The third kappa shape index (κ3) is 8.32. The van der Waals surface area contributed by atoms with Crippen molar-refractivity contribution in [2.45, 2.75) is 65.1 Å². The Morgan fingerprint density at radius 1 is 1.00 bits per heavy atom. The van der Waals surface area contributed by atoms with Crippen molar-refractivity contribution in [1.29, 1.82) is 0 Å². The fourth-order valence-corrected chi connectivity index (χ4v) is 4.36. The molecule has 9 nitrogen and oxygen atoms in total. The number of nitrogens with two attached hydrogens (primary N) is 1. The first-order valence-corrected chi connectivity index (χ1v) is 13.2. The fourth-order valence-electron chi connectivity index (χ4n) is 4.36. The number of aryl methyl sites for hydroxylation is 2. The highest BCUT2D eigenvalue weighted by Gasteiger charge is 2.37. The topological polar surface area (TPSA) is 131 Å². The zero-order chi connectivity index (χ0) is 30.3. The summed E-state index contributed by atoms with van der Waals surface area (Å²) in [6, 6.07) is 18.5. The van der Waals surface area contributed by atoms with Gasteiger partial charge in [-0.2, -0.15) is 0 Å². The lowest BCUT2D eigenvalue weighted by atomic mass is 9.96. The molecule has 3 aromatic rings. The molecule has 0 aliphatic rings. The third-order valence-corrected chi connectivity index (χ3v) is 6.30. The molecule has 4 N–H and O–H groups in total. The van der Waals surface area contributed by atoms with E-state index in [1.54, 1.807) is 32.9 Å². The van der Waals surface area contributed by atoms with Crippen LogP contribution in [-0.4, -0.2) is 40.4 Å². The SMILES string of the molecule is C#CN(C(=O)C(CCC(N)=O)NC(=O)OC(C)(C)C)C(C(=O)Nc1ccc2ccccc2c1)c1cc(C)ccc1C. The summed E-state index contributed by atoms with van der Waals surface area (Å²) in [5.41, 5.74) is 7.11. The highest BCUT2D eigenvalue weighted by Crippen LogP contribution is 2.29. The van der Waals surface area contributed by atoms with Crippen molar-refractivity contribution in [3.63, 3.8) is 0 Å². The lowest BCUT2D eigenvalue weighted by Gasteiger charge is -2.31. The second-order valence-corrected chi connectivity index (χ2v) is 10.9. The first-order valence-electron chi connectivity index (χ1n) is 13.2. The number of amides is 4. The minimum Gasteiger partial charge on any atom is -0.444 e. The smallest absolute Gasteiger partial charge is 0.408 e. The van der Waals surface area contributed by atoms with Crippen LogP contribution >= 0.6 is 0 Å². The number of nitrogens with one attached hydrogen (secondary N) is 2. The quantitative estimate of drug-likeness (QED) is 0.259. The van der Waals surface area contributed by atoms with E-state index in [1.807, 2.05) is 62.4 Å². The highest BCUT2D eigenvalue weighted by molar-refractivity contribution is 6.01. The first kappa shape index (κ1) is 30.7. The Balaban J connectivity index is 2.02. The number of anilines is 1. The van der Waals surface area contributed by atoms with Crippen molar-refractivity contribution >= 4 is 40.3 Å². The summed E-state index contributed by atoms with van der Waals surface area (Å²) in [6.45, 7) is 8.70. The summed E-state index contributed by atoms with van der Waals surface area (Å²) < 4.78 is 5.31. The number of nitrogens with zero attached hydrogens (tertiary/aromatic N) is 1. The van der Waals surface area contributed by atoms with Crippen LogP contribution in [0.1, 0.15) is 56.3 Å². The van der Waals surface area contributed by atoms with Gasteiger partial charge in [0.05, 0.1) is 0 Å². The molecule has 0 fully saturated rings. The second-order valence-electron chi connectivity index (χ2n) is 10.9. The van der Waals surface area contributed by atoms with Crippen LogP contribution in [0.3, 0.4) is 0 Å². The van der Waals surface area contributed by atoms with E-state index >= 15 is 0 Å². The molecule has 0 spiro atoms. The Kier molecular flexibility index (Phi) is 9.74. The molecule has 214 valence electrons. The Hall–Kier alpha value is -4.84. The van der Waals surface area contributed by atoms with Crippen LogP contribution in [0.25, 0.3) is 10.8 Å². The molecule has 4 amide bonds. The third-order valence-electron chi connectivity index (χ3n) is 6.30. The number of benzene rings is 3. The maximum Gasteiger partial charge on any atom is 0.408 e. The maximum absolute atomic E-state index is 13.9. The van der Waals surface area contributed by atoms with Gasteiger partial charge in [-0.1, -0.05) is 60.5 Å². The van der Waals surface area contributed by atoms with Gasteiger partial charge in [-0.3, -0.25) is 19.3 Å². The van der Waals surface area contributed by atoms with Crippen molar-refractivity contribution in [2.75, 3.05) is 5.32 Å². The van der Waals surface area contributed by atoms with Gasteiger partial charge in [-0.15, -0.1) is 0 Å². The molecule has 2 atom stereocenters. The van der Waals surface area contributed by atoms with Gasteiger partial charge < -0.3 is 21.1 Å². The van der Waals surface area contributed by atoms with E-state index in [1.165, 1.54) is 0 Å². The average molecular weight is 557 g/mol. The standard InChI is InChI=1S/C32H36N4O5/c1-7-36(30(39)26(16-17-27(33)37)35-31(40)41-32(4,5)6)28(25-18-20(2)12-13-21(25)3)29(38)34-24-15-14-22-10-8-9-11-23(22)19-24/h1,8-15,18-19,26,28H,16-17H2,2-6H3,(H2,33,37)(H,34,38)(H,35,40). The first-order chi connectivity index (χ1) is 19.3. The van der Waals surface area contributed by atoms with Crippen LogP contribution in [0, 0.1) is 26.3 Å². The van der Waals surface area contributed by atoms with E-state index in [-0.39, 0.29) is 12.8 Å². The monoisotopic (exact) mass is 556 g/mol. The summed E-state index contributed by atoms with van der Waals surface area (Å²) in [4.78, 5) is 53.0. The molecule has 0 bridgehead atoms. The molecule has 0 saturated carbocycles. The van der Waals surface area contributed by atoms with Crippen molar-refractivity contribution in [1.82, 2.24) is 10.2 Å². The van der Waals surface area contributed by atoms with E-state index in [9.17, 15) is 19.2 Å². The van der Waals surface area contributed by atoms with Gasteiger partial charge in [0, 0.05) is 18.2 Å². The largest absolute Gasteiger partial charge is 0.444 e. The zero-order valence-electron chi connectivity index (χ0n) is 24.0. The Labute approximate surface area is 240 Å². The zero-order valence-corrected chi connectivity index (χ0v) is 24.0. The minimum atomic E-state index is -1.28. The van der Waals surface area contributed by atoms with Gasteiger partial charge in [-0.05, 0) is 75.1 Å². The van der Waals surface area contributed by atoms with E-state index < -0.39 is 41.5 Å². The molecule has 0 aliphatic carbocycles. The van der Waals surface area contributed by atoms with Gasteiger partial charge in [-0.25, -0.2) is 4.79 Å². The molecule has 2 unspecified atom stereocenters. The van der Waals surface area contributed by atoms with Crippen LogP contribution in [-0.2, 0) is 19.1 Å². The number of carbonyl (C=O) groups is 4. The fraction of sp³-hybridized carbons (Fsp3) is 0.312. The summed E-state index contributed by atoms with van der Waals surface area (Å²) in [6.07, 6.45) is 4.65. The predicted octanol–water partition coefficient (Wildman–Crippen LogP) is 4.71. The minimum absolute atomic E-state index is 0.141. The Morgan fingerprint density at radius 2 is 1.68 bits per heavy atom. The van der Waals surface area contributed by atoms with Gasteiger partial charge in [0.2, 0.25) is 5.91 Å². The summed E-state index contributed by atoms with van der Waals surface area (Å²) in [7, 11) is 0.